The van der Waals surface area contributed by atoms with Gasteiger partial charge < -0.3 is 20.5 Å². The van der Waals surface area contributed by atoms with Gasteiger partial charge >= 0.3 is 0 Å². The lowest BCUT2D eigenvalue weighted by atomic mass is 9.92. The van der Waals surface area contributed by atoms with E-state index in [1.165, 1.54) is 6.21 Å². The number of aromatic nitrogens is 1. The Morgan fingerprint density at radius 2 is 2.10 bits per heavy atom. The standard InChI is InChI=1S/C22H21N5O2/c1-13(2)21-16(11-24)5-4-6-18(21)22(28)26-17-8-7-15(10-23)19(9-17)27-20-12-25-14(3)29-20/h4-10,12-13,23,27H,1-3H3,(H,26,28). The lowest BCUT2D eigenvalue weighted by molar-refractivity contribution is 0.102. The number of amides is 1. The molecule has 0 atom stereocenters. The van der Waals surface area contributed by atoms with E-state index < -0.39 is 0 Å². The van der Waals surface area contributed by atoms with Crippen molar-refractivity contribution in [2.24, 2.45) is 0 Å². The van der Waals surface area contributed by atoms with Gasteiger partial charge in [0.15, 0.2) is 5.89 Å². The first-order chi connectivity index (χ1) is 13.9. The van der Waals surface area contributed by atoms with E-state index >= 15 is 0 Å². The number of anilines is 3. The van der Waals surface area contributed by atoms with Crippen molar-refractivity contribution in [2.75, 3.05) is 10.6 Å². The van der Waals surface area contributed by atoms with Crippen molar-refractivity contribution in [3.05, 3.63) is 70.7 Å². The minimum Gasteiger partial charge on any atom is -0.425 e. The van der Waals surface area contributed by atoms with Crippen molar-refractivity contribution >= 4 is 29.4 Å². The van der Waals surface area contributed by atoms with E-state index in [0.717, 1.165) is 5.56 Å². The van der Waals surface area contributed by atoms with Crippen LogP contribution in [-0.2, 0) is 0 Å². The van der Waals surface area contributed by atoms with Crippen molar-refractivity contribution in [3.63, 3.8) is 0 Å². The molecule has 1 amide bonds. The van der Waals surface area contributed by atoms with E-state index in [9.17, 15) is 10.1 Å². The summed E-state index contributed by atoms with van der Waals surface area (Å²) < 4.78 is 5.43. The smallest absolute Gasteiger partial charge is 0.255 e. The van der Waals surface area contributed by atoms with E-state index in [0.29, 0.717) is 39.8 Å². The predicted octanol–water partition coefficient (Wildman–Crippen LogP) is 4.97. The Hall–Kier alpha value is -3.92. The van der Waals surface area contributed by atoms with Crippen LogP contribution in [0, 0.1) is 23.7 Å². The largest absolute Gasteiger partial charge is 0.425 e. The van der Waals surface area contributed by atoms with E-state index in [4.69, 9.17) is 9.83 Å². The molecule has 0 spiro atoms. The molecule has 146 valence electrons. The van der Waals surface area contributed by atoms with Gasteiger partial charge in [-0.05, 0) is 41.8 Å². The van der Waals surface area contributed by atoms with Gasteiger partial charge in [-0.3, -0.25) is 4.79 Å². The Bertz CT molecular complexity index is 1110. The van der Waals surface area contributed by atoms with Gasteiger partial charge in [-0.25, -0.2) is 4.98 Å². The zero-order valence-corrected chi connectivity index (χ0v) is 16.4. The first kappa shape index (κ1) is 19.8. The molecule has 7 heteroatoms. The van der Waals surface area contributed by atoms with Crippen LogP contribution in [0.25, 0.3) is 0 Å². The number of carbonyl (C=O) groups is 1. The Morgan fingerprint density at radius 3 is 2.72 bits per heavy atom. The van der Waals surface area contributed by atoms with Gasteiger partial charge in [-0.2, -0.15) is 5.26 Å². The zero-order valence-electron chi connectivity index (χ0n) is 16.4. The fourth-order valence-corrected chi connectivity index (χ4v) is 3.10. The van der Waals surface area contributed by atoms with Crippen LogP contribution in [0.4, 0.5) is 17.3 Å². The third kappa shape index (κ3) is 4.33. The van der Waals surface area contributed by atoms with Crippen LogP contribution < -0.4 is 10.6 Å². The topological polar surface area (TPSA) is 115 Å². The minimum absolute atomic E-state index is 0.0267. The number of carbonyl (C=O) groups excluding carboxylic acids is 1. The molecule has 0 aliphatic rings. The third-order valence-electron chi connectivity index (χ3n) is 4.39. The van der Waals surface area contributed by atoms with Gasteiger partial charge in [0, 0.05) is 30.0 Å². The number of aryl methyl sites for hydroxylation is 1. The van der Waals surface area contributed by atoms with Crippen molar-refractivity contribution < 1.29 is 9.21 Å². The van der Waals surface area contributed by atoms with Crippen molar-refractivity contribution in [2.45, 2.75) is 26.7 Å². The SMILES string of the molecule is Cc1ncc(Nc2cc(NC(=O)c3cccc(C#N)c3C(C)C)ccc2C=N)o1. The number of nitrogens with one attached hydrogen (secondary N) is 3. The molecule has 1 heterocycles. The summed E-state index contributed by atoms with van der Waals surface area (Å²) >= 11 is 0. The summed E-state index contributed by atoms with van der Waals surface area (Å²) in [6.45, 7) is 5.64. The van der Waals surface area contributed by atoms with Gasteiger partial charge in [0.1, 0.15) is 0 Å². The molecule has 3 aromatic rings. The number of hydrogen-bond donors (Lipinski definition) is 3. The fourth-order valence-electron chi connectivity index (χ4n) is 3.10. The summed E-state index contributed by atoms with van der Waals surface area (Å²) in [5.41, 5.74) is 3.47. The van der Waals surface area contributed by atoms with Crippen molar-refractivity contribution in [1.82, 2.24) is 4.98 Å². The lowest BCUT2D eigenvalue weighted by Gasteiger charge is -2.15. The molecule has 0 fully saturated rings. The number of hydrogen-bond acceptors (Lipinski definition) is 6. The highest BCUT2D eigenvalue weighted by Gasteiger charge is 2.18. The monoisotopic (exact) mass is 387 g/mol. The maximum atomic E-state index is 12.9. The van der Waals surface area contributed by atoms with E-state index in [1.807, 2.05) is 13.8 Å². The summed E-state index contributed by atoms with van der Waals surface area (Å²) in [6, 6.07) is 12.5. The summed E-state index contributed by atoms with van der Waals surface area (Å²) in [4.78, 5) is 17.0. The highest BCUT2D eigenvalue weighted by atomic mass is 16.4. The number of nitriles is 1. The molecular weight excluding hydrogens is 366 g/mol. The van der Waals surface area contributed by atoms with Crippen LogP contribution >= 0.6 is 0 Å². The summed E-state index contributed by atoms with van der Waals surface area (Å²) in [7, 11) is 0. The van der Waals surface area contributed by atoms with E-state index in [1.54, 1.807) is 49.5 Å². The first-order valence-corrected chi connectivity index (χ1v) is 9.11. The zero-order chi connectivity index (χ0) is 21.0. The van der Waals surface area contributed by atoms with Crippen molar-refractivity contribution in [1.29, 1.82) is 10.7 Å². The summed E-state index contributed by atoms with van der Waals surface area (Å²) in [5, 5.41) is 22.9. The Kier molecular flexibility index (Phi) is 5.74. The van der Waals surface area contributed by atoms with Crippen LogP contribution in [-0.4, -0.2) is 17.1 Å². The second-order valence-corrected chi connectivity index (χ2v) is 6.80. The number of nitrogens with zero attached hydrogens (tertiary/aromatic N) is 2. The molecule has 7 nitrogen and oxygen atoms in total. The molecule has 0 bridgehead atoms. The predicted molar refractivity (Wildman–Crippen MR) is 112 cm³/mol. The summed E-state index contributed by atoms with van der Waals surface area (Å²) in [5.74, 6) is 0.693. The molecule has 2 aromatic carbocycles. The molecular formula is C22H21N5O2. The van der Waals surface area contributed by atoms with Crippen molar-refractivity contribution in [3.8, 4) is 6.07 Å². The quantitative estimate of drug-likeness (QED) is 0.516. The van der Waals surface area contributed by atoms with Gasteiger partial charge in [-0.15, -0.1) is 0 Å². The Morgan fingerprint density at radius 1 is 1.31 bits per heavy atom. The van der Waals surface area contributed by atoms with Gasteiger partial charge in [0.25, 0.3) is 5.91 Å². The lowest BCUT2D eigenvalue weighted by Crippen LogP contribution is -2.16. The van der Waals surface area contributed by atoms with Crippen LogP contribution in [0.2, 0.25) is 0 Å². The first-order valence-electron chi connectivity index (χ1n) is 9.11. The average molecular weight is 387 g/mol. The highest BCUT2D eigenvalue weighted by Crippen LogP contribution is 2.27. The maximum absolute atomic E-state index is 12.9. The van der Waals surface area contributed by atoms with Gasteiger partial charge in [0.2, 0.25) is 5.88 Å². The molecule has 1 aromatic heterocycles. The molecule has 29 heavy (non-hydrogen) atoms. The maximum Gasteiger partial charge on any atom is 0.255 e. The summed E-state index contributed by atoms with van der Waals surface area (Å²) in [6.07, 6.45) is 2.76. The van der Waals surface area contributed by atoms with Crippen LogP contribution in [0.3, 0.4) is 0 Å². The molecule has 0 aliphatic carbocycles. The normalized spacial score (nSPS) is 10.4. The highest BCUT2D eigenvalue weighted by molar-refractivity contribution is 6.06. The molecule has 0 radical (unpaired) electrons. The van der Waals surface area contributed by atoms with E-state index in [2.05, 4.69) is 21.7 Å². The van der Waals surface area contributed by atoms with Gasteiger partial charge in [-0.1, -0.05) is 19.9 Å². The Labute approximate surface area is 168 Å². The van der Waals surface area contributed by atoms with E-state index in [-0.39, 0.29) is 11.8 Å². The van der Waals surface area contributed by atoms with Gasteiger partial charge in [0.05, 0.1) is 23.5 Å². The molecule has 0 aliphatic heterocycles. The van der Waals surface area contributed by atoms with Crippen LogP contribution in [0.15, 0.2) is 47.0 Å². The number of benzene rings is 2. The molecule has 0 saturated heterocycles. The number of oxazole rings is 1. The van der Waals surface area contributed by atoms with Crippen LogP contribution in [0.5, 0.6) is 0 Å². The van der Waals surface area contributed by atoms with Crippen LogP contribution in [0.1, 0.15) is 52.7 Å². The number of rotatable bonds is 6. The average Bonchev–Trinajstić information content (AvgIpc) is 3.12. The fraction of sp³-hybridized carbons (Fsp3) is 0.182. The molecule has 3 rings (SSSR count). The third-order valence-corrected chi connectivity index (χ3v) is 4.39. The second kappa shape index (κ2) is 8.40. The minimum atomic E-state index is -0.296. The molecule has 3 N–H and O–H groups in total. The molecule has 0 saturated carbocycles. The second-order valence-electron chi connectivity index (χ2n) is 6.80. The Balaban J connectivity index is 1.91. The molecule has 0 unspecified atom stereocenters.